The third-order valence-electron chi connectivity index (χ3n) is 10.5. The number of rotatable bonds is 34. The topological polar surface area (TPSA) is 226 Å². The second-order valence-electron chi connectivity index (χ2n) is 15.4. The lowest BCUT2D eigenvalue weighted by molar-refractivity contribution is -0.220. The van der Waals surface area contributed by atoms with Gasteiger partial charge in [-0.15, -0.1) is 0 Å². The maximum atomic E-state index is 12.8. The van der Waals surface area contributed by atoms with Gasteiger partial charge in [-0.2, -0.15) is 0 Å². The van der Waals surface area contributed by atoms with Gasteiger partial charge < -0.3 is 46.0 Å². The normalized spacial score (nSPS) is 24.8. The van der Waals surface area contributed by atoms with Crippen LogP contribution < -0.4 is 5.32 Å². The van der Waals surface area contributed by atoms with Crippen LogP contribution >= 0.6 is 7.82 Å². The Morgan fingerprint density at radius 1 is 0.585 bits per heavy atom. The summed E-state index contributed by atoms with van der Waals surface area (Å²) in [7, 11) is -5.08. The van der Waals surface area contributed by atoms with Gasteiger partial charge in [-0.25, -0.2) is 4.57 Å². The number of hydrogen-bond acceptors (Lipinski definition) is 11. The van der Waals surface area contributed by atoms with Crippen LogP contribution in [0.4, 0.5) is 0 Å². The predicted molar refractivity (Wildman–Crippen MR) is 206 cm³/mol. The molecule has 1 fully saturated rings. The van der Waals surface area contributed by atoms with E-state index >= 15 is 0 Å². The lowest BCUT2D eigenvalue weighted by atomic mass is 9.85. The van der Waals surface area contributed by atoms with Crippen molar-refractivity contribution in [3.05, 3.63) is 0 Å². The first-order chi connectivity index (χ1) is 25.3. The number of aliphatic hydroxyl groups is 7. The van der Waals surface area contributed by atoms with Crippen LogP contribution in [0.3, 0.4) is 0 Å². The average Bonchev–Trinajstić information content (AvgIpc) is 3.12. The van der Waals surface area contributed by atoms with Crippen LogP contribution in [-0.4, -0.2) is 108 Å². The molecule has 0 saturated heterocycles. The second-order valence-corrected chi connectivity index (χ2v) is 16.8. The summed E-state index contributed by atoms with van der Waals surface area (Å²) in [5.41, 5.74) is 0. The molecule has 316 valence electrons. The summed E-state index contributed by atoms with van der Waals surface area (Å²) in [4.78, 5) is 23.1. The van der Waals surface area contributed by atoms with Crippen molar-refractivity contribution in [1.29, 1.82) is 0 Å². The van der Waals surface area contributed by atoms with Crippen LogP contribution in [-0.2, 0) is 18.4 Å². The summed E-state index contributed by atoms with van der Waals surface area (Å²) in [6, 6.07) is -1.14. The summed E-state index contributed by atoms with van der Waals surface area (Å²) < 4.78 is 22.5. The first-order valence-electron chi connectivity index (χ1n) is 21.1. The van der Waals surface area contributed by atoms with Crippen LogP contribution in [0.2, 0.25) is 0 Å². The molecule has 53 heavy (non-hydrogen) atoms. The number of amides is 1. The molecule has 1 rings (SSSR count). The molecule has 0 spiro atoms. The maximum absolute atomic E-state index is 12.8. The van der Waals surface area contributed by atoms with Crippen molar-refractivity contribution in [2.45, 2.75) is 236 Å². The molecule has 0 bridgehead atoms. The summed E-state index contributed by atoms with van der Waals surface area (Å²) in [5, 5.41) is 73.6. The molecular weight excluding hydrogens is 705 g/mol. The van der Waals surface area contributed by atoms with Gasteiger partial charge in [0, 0.05) is 0 Å². The minimum atomic E-state index is -5.08. The van der Waals surface area contributed by atoms with Crippen LogP contribution in [0.1, 0.15) is 181 Å². The number of hydrogen-bond donors (Lipinski definition) is 9. The molecule has 1 amide bonds. The Morgan fingerprint density at radius 2 is 0.943 bits per heavy atom. The Hall–Kier alpha value is -0.700. The zero-order chi connectivity index (χ0) is 39.5. The van der Waals surface area contributed by atoms with E-state index in [1.54, 1.807) is 0 Å². The van der Waals surface area contributed by atoms with Crippen molar-refractivity contribution in [2.75, 3.05) is 6.61 Å². The molecule has 0 aromatic carbocycles. The number of aliphatic hydroxyl groups excluding tert-OH is 7. The number of carbonyl (C=O) groups is 1. The van der Waals surface area contributed by atoms with Gasteiger partial charge in [-0.05, 0) is 12.8 Å². The summed E-state index contributed by atoms with van der Waals surface area (Å²) >= 11 is 0. The monoisotopic (exact) mass is 784 g/mol. The molecule has 0 aliphatic heterocycles. The van der Waals surface area contributed by atoms with Crippen LogP contribution in [0.25, 0.3) is 0 Å². The molecule has 9 N–H and O–H groups in total. The van der Waals surface area contributed by atoms with E-state index in [1.807, 2.05) is 6.92 Å². The highest BCUT2D eigenvalue weighted by Crippen LogP contribution is 2.47. The van der Waals surface area contributed by atoms with E-state index in [-0.39, 0.29) is 12.8 Å². The Labute approximate surface area is 319 Å². The molecule has 14 heteroatoms. The Morgan fingerprint density at radius 3 is 1.38 bits per heavy atom. The first-order valence-corrected chi connectivity index (χ1v) is 22.6. The van der Waals surface area contributed by atoms with Crippen molar-refractivity contribution >= 4 is 13.7 Å². The van der Waals surface area contributed by atoms with Gasteiger partial charge in [-0.1, -0.05) is 162 Å². The van der Waals surface area contributed by atoms with Gasteiger partial charge in [0.2, 0.25) is 5.91 Å². The fourth-order valence-corrected chi connectivity index (χ4v) is 7.92. The number of phosphoric acid groups is 1. The van der Waals surface area contributed by atoms with Gasteiger partial charge in [-0.3, -0.25) is 13.8 Å². The highest BCUT2D eigenvalue weighted by Gasteiger charge is 2.51. The Balaban J connectivity index is 2.28. The van der Waals surface area contributed by atoms with Gasteiger partial charge in [0.05, 0.1) is 31.3 Å². The molecule has 0 radical (unpaired) electrons. The van der Waals surface area contributed by atoms with E-state index in [0.717, 1.165) is 38.5 Å². The van der Waals surface area contributed by atoms with E-state index in [1.165, 1.54) is 103 Å². The molecular formula is C39H78NO12P. The maximum Gasteiger partial charge on any atom is 0.472 e. The predicted octanol–water partition coefficient (Wildman–Crippen LogP) is 5.70. The lowest BCUT2D eigenvalue weighted by Gasteiger charge is -2.41. The molecule has 0 aromatic rings. The molecule has 1 saturated carbocycles. The van der Waals surface area contributed by atoms with Crippen LogP contribution in [0.15, 0.2) is 0 Å². The average molecular weight is 784 g/mol. The largest absolute Gasteiger partial charge is 0.472 e. The van der Waals surface area contributed by atoms with Crippen molar-refractivity contribution < 1.29 is 59.0 Å². The fourth-order valence-electron chi connectivity index (χ4n) is 6.95. The minimum Gasteiger partial charge on any atom is -0.393 e. The van der Waals surface area contributed by atoms with Gasteiger partial charge >= 0.3 is 7.82 Å². The van der Waals surface area contributed by atoms with Crippen LogP contribution in [0, 0.1) is 0 Å². The Kier molecular flexibility index (Phi) is 28.9. The van der Waals surface area contributed by atoms with Crippen molar-refractivity contribution in [3.8, 4) is 0 Å². The van der Waals surface area contributed by atoms with E-state index in [2.05, 4.69) is 12.2 Å². The highest BCUT2D eigenvalue weighted by atomic mass is 31.2. The number of phosphoric ester groups is 1. The van der Waals surface area contributed by atoms with E-state index < -0.39 is 75.2 Å². The smallest absolute Gasteiger partial charge is 0.393 e. The third-order valence-corrected chi connectivity index (χ3v) is 11.5. The molecule has 0 aromatic heterocycles. The van der Waals surface area contributed by atoms with Gasteiger partial charge in [0.25, 0.3) is 0 Å². The van der Waals surface area contributed by atoms with Crippen molar-refractivity contribution in [1.82, 2.24) is 5.32 Å². The summed E-state index contributed by atoms with van der Waals surface area (Å²) in [6.45, 7) is 3.56. The SMILES string of the molecule is CCCCCCCCCCCCCCCCCCCCCCC(O)CC(=O)NC(COP(=O)(O)OC1C(O)C(O)C(O)C(O)C1O)C(O)CCCCC. The fraction of sp³-hybridized carbons (Fsp3) is 0.974. The molecule has 13 nitrogen and oxygen atoms in total. The standard InChI is InChI=1S/C39H78NO12P/c1-3-5-7-8-9-10-11-12-13-14-15-16-17-18-19-20-21-22-23-25-26-30(41)28-33(43)40-31(32(42)27-24-6-4-2)29-51-53(49,50)52-39-37(47)35(45)34(44)36(46)38(39)48/h30-32,34-39,41-42,44-48H,3-29H2,1-2H3,(H,40,43)(H,49,50). The van der Waals surface area contributed by atoms with E-state index in [4.69, 9.17) is 9.05 Å². The zero-order valence-corrected chi connectivity index (χ0v) is 33.8. The molecule has 1 aliphatic rings. The van der Waals surface area contributed by atoms with Gasteiger partial charge in [0.1, 0.15) is 36.6 Å². The minimum absolute atomic E-state index is 0.219. The second kappa shape index (κ2) is 30.4. The van der Waals surface area contributed by atoms with Crippen molar-refractivity contribution in [3.63, 3.8) is 0 Å². The lowest BCUT2D eigenvalue weighted by Crippen LogP contribution is -2.64. The van der Waals surface area contributed by atoms with Crippen LogP contribution in [0.5, 0.6) is 0 Å². The van der Waals surface area contributed by atoms with E-state index in [0.29, 0.717) is 12.8 Å². The Bertz CT molecular complexity index is 932. The molecule has 0 heterocycles. The summed E-state index contributed by atoms with van der Waals surface area (Å²) in [5.74, 6) is -0.569. The number of unbranched alkanes of at least 4 members (excludes halogenated alkanes) is 21. The number of carbonyl (C=O) groups excluding carboxylic acids is 1. The van der Waals surface area contributed by atoms with Gasteiger partial charge in [0.15, 0.2) is 0 Å². The molecule has 1 aliphatic carbocycles. The van der Waals surface area contributed by atoms with E-state index in [9.17, 15) is 50.0 Å². The molecule has 8 atom stereocenters. The van der Waals surface area contributed by atoms with Crippen molar-refractivity contribution in [2.24, 2.45) is 0 Å². The summed E-state index contributed by atoms with van der Waals surface area (Å²) in [6.07, 6.45) is 14.5. The third kappa shape index (κ3) is 23.2. The highest BCUT2D eigenvalue weighted by molar-refractivity contribution is 7.47. The first kappa shape index (κ1) is 50.3. The quantitative estimate of drug-likeness (QED) is 0.0283. The molecule has 8 unspecified atom stereocenters. The zero-order valence-electron chi connectivity index (χ0n) is 32.9. The number of nitrogens with one attached hydrogen (secondary N) is 1.